The molecule has 7 heteroatoms. The lowest BCUT2D eigenvalue weighted by Gasteiger charge is -2.13. The van der Waals surface area contributed by atoms with Crippen LogP contribution in [0.25, 0.3) is 10.9 Å². The Morgan fingerprint density at radius 2 is 1.97 bits per heavy atom. The molecule has 0 amide bonds. The number of aromatic nitrogens is 3. The summed E-state index contributed by atoms with van der Waals surface area (Å²) in [5.74, 6) is -1.20. The molecule has 2 heterocycles. The van der Waals surface area contributed by atoms with Crippen molar-refractivity contribution in [2.24, 2.45) is 0 Å². The molecular formula is C23H18FN3O3. The molecule has 0 N–H and O–H groups in total. The predicted octanol–water partition coefficient (Wildman–Crippen LogP) is 3.53. The maximum Gasteiger partial charge on any atom is 0.200 e. The van der Waals surface area contributed by atoms with Gasteiger partial charge in [-0.2, -0.15) is 0 Å². The van der Waals surface area contributed by atoms with Gasteiger partial charge < -0.3 is 9.30 Å². The number of fused-ring (bicyclic) bond motifs is 1. The number of rotatable bonds is 5. The van der Waals surface area contributed by atoms with Crippen LogP contribution >= 0.6 is 0 Å². The van der Waals surface area contributed by atoms with E-state index in [1.165, 1.54) is 25.4 Å². The highest BCUT2D eigenvalue weighted by atomic mass is 19.1. The molecule has 150 valence electrons. The van der Waals surface area contributed by atoms with E-state index in [9.17, 15) is 14.0 Å². The number of benzene rings is 2. The van der Waals surface area contributed by atoms with E-state index in [0.717, 1.165) is 11.8 Å². The topological polar surface area (TPSA) is 74.1 Å². The lowest BCUT2D eigenvalue weighted by molar-refractivity contribution is 0.103. The minimum atomic E-state index is -0.667. The zero-order valence-corrected chi connectivity index (χ0v) is 16.4. The Labute approximate surface area is 171 Å². The van der Waals surface area contributed by atoms with E-state index in [0.29, 0.717) is 23.1 Å². The molecule has 30 heavy (non-hydrogen) atoms. The summed E-state index contributed by atoms with van der Waals surface area (Å²) in [6.07, 6.45) is 4.79. The summed E-state index contributed by atoms with van der Waals surface area (Å²) in [6.45, 7) is 2.17. The summed E-state index contributed by atoms with van der Waals surface area (Å²) in [7, 11) is 1.34. The average Bonchev–Trinajstić information content (AvgIpc) is 2.75. The van der Waals surface area contributed by atoms with Gasteiger partial charge in [-0.25, -0.2) is 4.39 Å². The van der Waals surface area contributed by atoms with Crippen molar-refractivity contribution < 1.29 is 13.9 Å². The monoisotopic (exact) mass is 403 g/mol. The van der Waals surface area contributed by atoms with Crippen LogP contribution < -0.4 is 10.2 Å². The van der Waals surface area contributed by atoms with E-state index >= 15 is 0 Å². The highest BCUT2D eigenvalue weighted by Crippen LogP contribution is 2.20. The Hall–Kier alpha value is -3.87. The van der Waals surface area contributed by atoms with Crippen molar-refractivity contribution in [1.82, 2.24) is 14.5 Å². The Bertz CT molecular complexity index is 1330. The summed E-state index contributed by atoms with van der Waals surface area (Å²) in [5.41, 5.74) is 1.75. The fraction of sp³-hybridized carbons (Fsp3) is 0.130. The number of methoxy groups -OCH3 is 1. The van der Waals surface area contributed by atoms with Crippen molar-refractivity contribution in [1.29, 1.82) is 0 Å². The standard InChI is InChI=1S/C23H18FN3O3/c1-14-10-25-11-16(26-14)12-27-13-18(23(29)17-5-3-4-6-20(17)27)22(28)15-7-8-21(30-2)19(24)9-15/h3-11,13H,12H2,1-2H3. The van der Waals surface area contributed by atoms with E-state index in [1.54, 1.807) is 35.2 Å². The summed E-state index contributed by atoms with van der Waals surface area (Å²) in [6, 6.07) is 10.9. The average molecular weight is 403 g/mol. The number of para-hydroxylation sites is 1. The zero-order chi connectivity index (χ0) is 21.3. The van der Waals surface area contributed by atoms with Gasteiger partial charge in [0.1, 0.15) is 0 Å². The number of aryl methyl sites for hydroxylation is 1. The molecule has 0 aliphatic carbocycles. The third-order valence-corrected chi connectivity index (χ3v) is 4.78. The number of ether oxygens (including phenoxy) is 1. The summed E-state index contributed by atoms with van der Waals surface area (Å²) >= 11 is 0. The fourth-order valence-electron chi connectivity index (χ4n) is 3.37. The molecule has 2 aromatic heterocycles. The second kappa shape index (κ2) is 7.87. The number of nitrogens with zero attached hydrogens (tertiary/aromatic N) is 3. The van der Waals surface area contributed by atoms with Gasteiger partial charge in [0.05, 0.1) is 42.3 Å². The predicted molar refractivity (Wildman–Crippen MR) is 110 cm³/mol. The van der Waals surface area contributed by atoms with Crippen LogP contribution in [0.4, 0.5) is 4.39 Å². The number of ketones is 1. The van der Waals surface area contributed by atoms with E-state index < -0.39 is 17.0 Å². The quantitative estimate of drug-likeness (QED) is 0.477. The molecule has 0 fully saturated rings. The smallest absolute Gasteiger partial charge is 0.200 e. The first-order valence-corrected chi connectivity index (χ1v) is 9.26. The lowest BCUT2D eigenvalue weighted by atomic mass is 10.0. The van der Waals surface area contributed by atoms with Crippen molar-refractivity contribution in [3.63, 3.8) is 0 Å². The van der Waals surface area contributed by atoms with Crippen LogP contribution in [0.1, 0.15) is 27.3 Å². The van der Waals surface area contributed by atoms with Gasteiger partial charge in [-0.1, -0.05) is 12.1 Å². The van der Waals surface area contributed by atoms with Crippen molar-refractivity contribution in [3.8, 4) is 5.75 Å². The maximum absolute atomic E-state index is 14.1. The first-order valence-electron chi connectivity index (χ1n) is 9.26. The van der Waals surface area contributed by atoms with Gasteiger partial charge in [0.15, 0.2) is 17.3 Å². The van der Waals surface area contributed by atoms with Gasteiger partial charge in [-0.05, 0) is 37.3 Å². The van der Waals surface area contributed by atoms with Crippen LogP contribution in [0.5, 0.6) is 5.75 Å². The number of carbonyl (C=O) groups is 1. The number of pyridine rings is 1. The molecule has 6 nitrogen and oxygen atoms in total. The molecule has 0 bridgehead atoms. The van der Waals surface area contributed by atoms with Gasteiger partial charge in [0.25, 0.3) is 0 Å². The van der Waals surface area contributed by atoms with Crippen LogP contribution in [0, 0.1) is 12.7 Å². The van der Waals surface area contributed by atoms with Gasteiger partial charge in [0, 0.05) is 23.3 Å². The number of carbonyl (C=O) groups excluding carboxylic acids is 1. The zero-order valence-electron chi connectivity index (χ0n) is 16.4. The fourth-order valence-corrected chi connectivity index (χ4v) is 3.37. The highest BCUT2D eigenvalue weighted by molar-refractivity contribution is 6.10. The van der Waals surface area contributed by atoms with Crippen LogP contribution in [0.15, 0.2) is 65.8 Å². The van der Waals surface area contributed by atoms with Gasteiger partial charge in [-0.3, -0.25) is 19.6 Å². The van der Waals surface area contributed by atoms with Crippen molar-refractivity contribution >= 4 is 16.7 Å². The van der Waals surface area contributed by atoms with Crippen LogP contribution in [-0.2, 0) is 6.54 Å². The molecule has 4 aromatic rings. The van der Waals surface area contributed by atoms with E-state index in [-0.39, 0.29) is 16.9 Å². The Kier molecular flexibility index (Phi) is 5.10. The summed E-state index contributed by atoms with van der Waals surface area (Å²) in [5, 5.41) is 0.401. The first kappa shape index (κ1) is 19.4. The minimum absolute atomic E-state index is 0.0282. The number of halogens is 1. The Balaban J connectivity index is 1.86. The lowest BCUT2D eigenvalue weighted by Crippen LogP contribution is -2.20. The molecular weight excluding hydrogens is 385 g/mol. The van der Waals surface area contributed by atoms with Gasteiger partial charge in [-0.15, -0.1) is 0 Å². The molecule has 0 saturated carbocycles. The van der Waals surface area contributed by atoms with Crippen LogP contribution in [0.3, 0.4) is 0 Å². The highest BCUT2D eigenvalue weighted by Gasteiger charge is 2.19. The second-order valence-corrected chi connectivity index (χ2v) is 6.85. The summed E-state index contributed by atoms with van der Waals surface area (Å²) in [4.78, 5) is 34.7. The Morgan fingerprint density at radius 1 is 1.17 bits per heavy atom. The SMILES string of the molecule is COc1ccc(C(=O)c2cn(Cc3cncc(C)n3)c3ccccc3c2=O)cc1F. The number of hydrogen-bond acceptors (Lipinski definition) is 5. The molecule has 0 atom stereocenters. The minimum Gasteiger partial charge on any atom is -0.494 e. The third-order valence-electron chi connectivity index (χ3n) is 4.78. The van der Waals surface area contributed by atoms with Crippen molar-refractivity contribution in [2.45, 2.75) is 13.5 Å². The van der Waals surface area contributed by atoms with E-state index in [2.05, 4.69) is 9.97 Å². The third kappa shape index (κ3) is 3.57. The van der Waals surface area contributed by atoms with Crippen molar-refractivity contribution in [2.75, 3.05) is 7.11 Å². The molecule has 2 aromatic carbocycles. The molecule has 0 radical (unpaired) electrons. The van der Waals surface area contributed by atoms with Gasteiger partial charge >= 0.3 is 0 Å². The van der Waals surface area contributed by atoms with Crippen LogP contribution in [0.2, 0.25) is 0 Å². The molecule has 0 spiro atoms. The molecule has 0 aliphatic heterocycles. The van der Waals surface area contributed by atoms with Crippen LogP contribution in [-0.4, -0.2) is 27.4 Å². The van der Waals surface area contributed by atoms with Crippen molar-refractivity contribution in [3.05, 3.63) is 99.6 Å². The molecule has 0 aliphatic rings. The molecule has 0 saturated heterocycles. The van der Waals surface area contributed by atoms with Gasteiger partial charge in [0.2, 0.25) is 5.43 Å². The normalized spacial score (nSPS) is 10.9. The molecule has 4 rings (SSSR count). The van der Waals surface area contributed by atoms with E-state index in [4.69, 9.17) is 4.74 Å². The second-order valence-electron chi connectivity index (χ2n) is 6.85. The first-order chi connectivity index (χ1) is 14.5. The largest absolute Gasteiger partial charge is 0.494 e. The van der Waals surface area contributed by atoms with E-state index in [1.807, 2.05) is 13.0 Å². The maximum atomic E-state index is 14.1. The summed E-state index contributed by atoms with van der Waals surface area (Å²) < 4.78 is 20.8. The molecule has 0 unspecified atom stereocenters. The number of hydrogen-bond donors (Lipinski definition) is 0. The Morgan fingerprint density at radius 3 is 2.70 bits per heavy atom.